The molecule has 3 rings (SSSR count). The fourth-order valence-corrected chi connectivity index (χ4v) is 3.59. The number of guanidine groups is 1. The Bertz CT molecular complexity index is 927. The van der Waals surface area contributed by atoms with Crippen molar-refractivity contribution >= 4 is 17.3 Å². The lowest BCUT2D eigenvalue weighted by molar-refractivity contribution is 0.572. The summed E-state index contributed by atoms with van der Waals surface area (Å²) in [5, 5.41) is 9.79. The Balaban J connectivity index is 1.53. The molecular formula is C22H29N5OS. The van der Waals surface area contributed by atoms with Crippen molar-refractivity contribution in [3.8, 4) is 11.5 Å². The van der Waals surface area contributed by atoms with Gasteiger partial charge in [0.25, 0.3) is 0 Å². The monoisotopic (exact) mass is 411 g/mol. The third-order valence-corrected chi connectivity index (χ3v) is 5.25. The van der Waals surface area contributed by atoms with E-state index in [1.54, 1.807) is 17.6 Å². The largest absolute Gasteiger partial charge is 0.444 e. The number of oxazole rings is 1. The topological polar surface area (TPSA) is 75.3 Å². The molecule has 1 aromatic carbocycles. The summed E-state index contributed by atoms with van der Waals surface area (Å²) in [5.74, 6) is 1.89. The first-order chi connectivity index (χ1) is 14.0. The fraction of sp³-hybridized carbons (Fsp3) is 0.409. The van der Waals surface area contributed by atoms with E-state index >= 15 is 0 Å². The quantitative estimate of drug-likeness (QED) is 0.421. The molecule has 0 aliphatic heterocycles. The lowest BCUT2D eigenvalue weighted by Crippen LogP contribution is -2.38. The van der Waals surface area contributed by atoms with E-state index in [0.29, 0.717) is 18.4 Å². The maximum Gasteiger partial charge on any atom is 0.226 e. The summed E-state index contributed by atoms with van der Waals surface area (Å²) in [6.07, 6.45) is 2.48. The van der Waals surface area contributed by atoms with Gasteiger partial charge in [-0.25, -0.2) is 15.0 Å². The van der Waals surface area contributed by atoms with Gasteiger partial charge in [-0.2, -0.15) is 0 Å². The number of hydrogen-bond donors (Lipinski definition) is 2. The maximum absolute atomic E-state index is 5.63. The summed E-state index contributed by atoms with van der Waals surface area (Å²) < 4.78 is 5.63. The van der Waals surface area contributed by atoms with Gasteiger partial charge in [0.2, 0.25) is 5.89 Å². The van der Waals surface area contributed by atoms with Gasteiger partial charge in [0.05, 0.1) is 17.9 Å². The van der Waals surface area contributed by atoms with Crippen LogP contribution in [0.5, 0.6) is 0 Å². The highest BCUT2D eigenvalue weighted by atomic mass is 32.1. The van der Waals surface area contributed by atoms with E-state index in [9.17, 15) is 0 Å². The van der Waals surface area contributed by atoms with Gasteiger partial charge in [0, 0.05) is 30.5 Å². The van der Waals surface area contributed by atoms with E-state index in [0.717, 1.165) is 47.4 Å². The first-order valence-corrected chi connectivity index (χ1v) is 10.9. The molecule has 7 heteroatoms. The Morgan fingerprint density at radius 2 is 1.97 bits per heavy atom. The lowest BCUT2D eigenvalue weighted by Gasteiger charge is -2.10. The van der Waals surface area contributed by atoms with Crippen molar-refractivity contribution in [3.05, 3.63) is 57.9 Å². The summed E-state index contributed by atoms with van der Waals surface area (Å²) in [6, 6.07) is 8.18. The molecule has 0 radical (unpaired) electrons. The van der Waals surface area contributed by atoms with Crippen LogP contribution in [0.3, 0.4) is 0 Å². The predicted octanol–water partition coefficient (Wildman–Crippen LogP) is 4.53. The van der Waals surface area contributed by atoms with Crippen LogP contribution in [0.15, 0.2) is 45.3 Å². The Morgan fingerprint density at radius 1 is 1.17 bits per heavy atom. The molecular weight excluding hydrogens is 382 g/mol. The van der Waals surface area contributed by atoms with Crippen LogP contribution in [0.25, 0.3) is 11.5 Å². The summed E-state index contributed by atoms with van der Waals surface area (Å²) in [6.45, 7) is 10.5. The van der Waals surface area contributed by atoms with Gasteiger partial charge >= 0.3 is 0 Å². The summed E-state index contributed by atoms with van der Waals surface area (Å²) in [5.41, 5.74) is 4.27. The zero-order valence-electron chi connectivity index (χ0n) is 17.5. The molecule has 2 heterocycles. The number of rotatable bonds is 8. The van der Waals surface area contributed by atoms with Crippen LogP contribution < -0.4 is 10.6 Å². The minimum atomic E-state index is 0.447. The molecule has 2 N–H and O–H groups in total. The molecule has 0 unspecified atom stereocenters. The van der Waals surface area contributed by atoms with Crippen LogP contribution in [-0.2, 0) is 13.0 Å². The van der Waals surface area contributed by atoms with Gasteiger partial charge in [-0.3, -0.25) is 0 Å². The third-order valence-electron chi connectivity index (χ3n) is 4.40. The second-order valence-electron chi connectivity index (χ2n) is 7.20. The van der Waals surface area contributed by atoms with E-state index < -0.39 is 0 Å². The molecule has 2 aromatic heterocycles. The van der Waals surface area contributed by atoms with Crippen LogP contribution in [0, 0.1) is 6.92 Å². The molecule has 0 fully saturated rings. The molecule has 0 bridgehead atoms. The van der Waals surface area contributed by atoms with E-state index in [1.807, 2.05) is 12.1 Å². The number of aromatic nitrogens is 2. The van der Waals surface area contributed by atoms with Crippen molar-refractivity contribution in [1.29, 1.82) is 0 Å². The van der Waals surface area contributed by atoms with Crippen molar-refractivity contribution in [2.75, 3.05) is 13.1 Å². The molecule has 154 valence electrons. The highest BCUT2D eigenvalue weighted by Gasteiger charge is 2.08. The number of thiazole rings is 1. The first-order valence-electron chi connectivity index (χ1n) is 10.0. The number of nitrogens with zero attached hydrogens (tertiary/aromatic N) is 3. The molecule has 0 saturated carbocycles. The molecule has 0 amide bonds. The second-order valence-corrected chi connectivity index (χ2v) is 8.15. The van der Waals surface area contributed by atoms with Gasteiger partial charge in [-0.05, 0) is 31.9 Å². The third kappa shape index (κ3) is 6.15. The smallest absolute Gasteiger partial charge is 0.226 e. The van der Waals surface area contributed by atoms with Crippen molar-refractivity contribution in [2.24, 2.45) is 4.99 Å². The van der Waals surface area contributed by atoms with Gasteiger partial charge in [-0.15, -0.1) is 11.3 Å². The minimum Gasteiger partial charge on any atom is -0.444 e. The highest BCUT2D eigenvalue weighted by Crippen LogP contribution is 2.19. The van der Waals surface area contributed by atoms with Crippen molar-refractivity contribution in [1.82, 2.24) is 20.6 Å². The van der Waals surface area contributed by atoms with Crippen molar-refractivity contribution in [3.63, 3.8) is 0 Å². The molecule has 0 aliphatic carbocycles. The van der Waals surface area contributed by atoms with Gasteiger partial charge < -0.3 is 15.1 Å². The molecule has 0 aliphatic rings. The Kier molecular flexibility index (Phi) is 7.41. The van der Waals surface area contributed by atoms with Crippen LogP contribution >= 0.6 is 11.3 Å². The van der Waals surface area contributed by atoms with Crippen LogP contribution in [-0.4, -0.2) is 29.0 Å². The Hall–Kier alpha value is -2.67. The predicted molar refractivity (Wildman–Crippen MR) is 119 cm³/mol. The minimum absolute atomic E-state index is 0.447. The summed E-state index contributed by atoms with van der Waals surface area (Å²) in [7, 11) is 0. The number of aryl methyl sites for hydroxylation is 1. The zero-order chi connectivity index (χ0) is 20.6. The number of benzene rings is 1. The molecule has 0 saturated heterocycles. The molecule has 0 atom stereocenters. The molecule has 29 heavy (non-hydrogen) atoms. The molecule has 0 spiro atoms. The first kappa shape index (κ1) is 21.0. The van der Waals surface area contributed by atoms with Crippen LogP contribution in [0.1, 0.15) is 48.6 Å². The SMILES string of the molecule is CCNC(=NCc1nc(C(C)C)cs1)NCCc1coc(-c2ccc(C)cc2)n1. The second kappa shape index (κ2) is 10.2. The number of hydrogen-bond acceptors (Lipinski definition) is 5. The van der Waals surface area contributed by atoms with Gasteiger partial charge in [-0.1, -0.05) is 31.5 Å². The normalized spacial score (nSPS) is 11.8. The van der Waals surface area contributed by atoms with Gasteiger partial charge in [0.15, 0.2) is 5.96 Å². The molecule has 3 aromatic rings. The highest BCUT2D eigenvalue weighted by molar-refractivity contribution is 7.09. The van der Waals surface area contributed by atoms with Crippen LogP contribution in [0.4, 0.5) is 0 Å². The number of nitrogens with one attached hydrogen (secondary N) is 2. The average molecular weight is 412 g/mol. The summed E-state index contributed by atoms with van der Waals surface area (Å²) >= 11 is 1.66. The van der Waals surface area contributed by atoms with Crippen LogP contribution in [0.2, 0.25) is 0 Å². The number of aliphatic imine (C=N–C) groups is 1. The van der Waals surface area contributed by atoms with Crippen molar-refractivity contribution in [2.45, 2.75) is 46.6 Å². The standard InChI is InChI=1S/C22H29N5OS/c1-5-23-22(25-12-20-27-19(14-29-20)15(2)3)24-11-10-18-13-28-21(26-18)17-8-6-16(4)7-9-17/h6-9,13-15H,5,10-12H2,1-4H3,(H2,23,24,25). The van der Waals surface area contributed by atoms with Gasteiger partial charge in [0.1, 0.15) is 11.3 Å². The van der Waals surface area contributed by atoms with E-state index in [-0.39, 0.29) is 0 Å². The Morgan fingerprint density at radius 3 is 2.66 bits per heavy atom. The average Bonchev–Trinajstić information content (AvgIpc) is 3.36. The molecule has 6 nitrogen and oxygen atoms in total. The maximum atomic E-state index is 5.63. The fourth-order valence-electron chi connectivity index (χ4n) is 2.71. The zero-order valence-corrected chi connectivity index (χ0v) is 18.3. The van der Waals surface area contributed by atoms with E-state index in [2.05, 4.69) is 70.8 Å². The summed E-state index contributed by atoms with van der Waals surface area (Å²) in [4.78, 5) is 13.9. The van der Waals surface area contributed by atoms with E-state index in [1.165, 1.54) is 5.56 Å². The Labute approximate surface area is 176 Å². The van der Waals surface area contributed by atoms with E-state index in [4.69, 9.17) is 4.42 Å². The van der Waals surface area contributed by atoms with Crippen molar-refractivity contribution < 1.29 is 4.42 Å². The lowest BCUT2D eigenvalue weighted by atomic mass is 10.1.